The lowest BCUT2D eigenvalue weighted by atomic mass is 9.73. The van der Waals surface area contributed by atoms with E-state index in [1.165, 1.54) is 64.6 Å². The van der Waals surface area contributed by atoms with Gasteiger partial charge >= 0.3 is 0 Å². The topological polar surface area (TPSA) is 15.3 Å². The van der Waals surface area contributed by atoms with Crippen molar-refractivity contribution in [1.29, 1.82) is 0 Å². The Morgan fingerprint density at radius 3 is 2.00 bits per heavy atom. The minimum Gasteiger partial charge on any atom is -0.312 e. The van der Waals surface area contributed by atoms with Gasteiger partial charge in [-0.25, -0.2) is 0 Å². The molecule has 20 heavy (non-hydrogen) atoms. The second kappa shape index (κ2) is 9.04. The van der Waals surface area contributed by atoms with E-state index >= 15 is 0 Å². The lowest BCUT2D eigenvalue weighted by molar-refractivity contribution is 0.0342. The van der Waals surface area contributed by atoms with Gasteiger partial charge in [-0.1, -0.05) is 53.9 Å². The van der Waals surface area contributed by atoms with Crippen molar-refractivity contribution in [3.05, 3.63) is 0 Å². The third kappa shape index (κ3) is 3.98. The number of nitrogens with zero attached hydrogens (tertiary/aromatic N) is 1. The molecule has 1 fully saturated rings. The van der Waals surface area contributed by atoms with Gasteiger partial charge in [-0.3, -0.25) is 4.90 Å². The van der Waals surface area contributed by atoms with Crippen LogP contribution in [0, 0.1) is 5.92 Å². The zero-order valence-electron chi connectivity index (χ0n) is 14.7. The molecular formula is C18H38N2. The summed E-state index contributed by atoms with van der Waals surface area (Å²) < 4.78 is 0. The maximum absolute atomic E-state index is 3.92. The van der Waals surface area contributed by atoms with Crippen molar-refractivity contribution in [2.45, 2.75) is 91.1 Å². The molecule has 1 aliphatic rings. The van der Waals surface area contributed by atoms with E-state index < -0.39 is 0 Å². The van der Waals surface area contributed by atoms with Gasteiger partial charge in [-0.05, 0) is 51.2 Å². The van der Waals surface area contributed by atoms with Gasteiger partial charge in [0, 0.05) is 11.6 Å². The predicted molar refractivity (Wildman–Crippen MR) is 90.3 cm³/mol. The van der Waals surface area contributed by atoms with Gasteiger partial charge in [0.25, 0.3) is 0 Å². The Bertz CT molecular complexity index is 240. The monoisotopic (exact) mass is 282 g/mol. The molecule has 120 valence electrons. The predicted octanol–water partition coefficient (Wildman–Crippen LogP) is 4.45. The maximum atomic E-state index is 3.92. The maximum Gasteiger partial charge on any atom is 0.0357 e. The summed E-state index contributed by atoms with van der Waals surface area (Å²) in [7, 11) is 0. The standard InChI is InChI=1S/C18H38N2/c1-6-14-19-17(15-16-12-11-13-16)18(7-2,8-3)20(9-4)10-5/h16-17,19H,6-15H2,1-5H3. The van der Waals surface area contributed by atoms with E-state index in [1.54, 1.807) is 0 Å². The third-order valence-corrected chi connectivity index (χ3v) is 5.70. The smallest absolute Gasteiger partial charge is 0.0357 e. The van der Waals surface area contributed by atoms with Crippen molar-refractivity contribution in [1.82, 2.24) is 10.2 Å². The summed E-state index contributed by atoms with van der Waals surface area (Å²) >= 11 is 0. The molecule has 1 N–H and O–H groups in total. The van der Waals surface area contributed by atoms with E-state index in [9.17, 15) is 0 Å². The van der Waals surface area contributed by atoms with Crippen LogP contribution in [0.25, 0.3) is 0 Å². The fourth-order valence-electron chi connectivity index (χ4n) is 4.14. The van der Waals surface area contributed by atoms with E-state index in [-0.39, 0.29) is 0 Å². The Morgan fingerprint density at radius 1 is 1.05 bits per heavy atom. The highest BCUT2D eigenvalue weighted by molar-refractivity contribution is 5.00. The largest absolute Gasteiger partial charge is 0.312 e. The van der Waals surface area contributed by atoms with Crippen molar-refractivity contribution in [2.75, 3.05) is 19.6 Å². The molecule has 1 saturated carbocycles. The van der Waals surface area contributed by atoms with E-state index in [4.69, 9.17) is 0 Å². The summed E-state index contributed by atoms with van der Waals surface area (Å²) in [6, 6.07) is 0.669. The average molecular weight is 283 g/mol. The molecule has 0 amide bonds. The molecule has 0 saturated heterocycles. The molecule has 0 aromatic rings. The SMILES string of the molecule is CCCNC(CC1CCC1)C(CC)(CC)N(CC)CC. The van der Waals surface area contributed by atoms with Crippen molar-refractivity contribution in [3.63, 3.8) is 0 Å². The first kappa shape index (κ1) is 18.0. The van der Waals surface area contributed by atoms with E-state index in [0.717, 1.165) is 5.92 Å². The molecule has 0 bridgehead atoms. The minimum atomic E-state index is 0.355. The highest BCUT2D eigenvalue weighted by Crippen LogP contribution is 2.37. The molecule has 1 unspecified atom stereocenters. The summed E-state index contributed by atoms with van der Waals surface area (Å²) in [5.41, 5.74) is 0.355. The Balaban J connectivity index is 2.87. The quantitative estimate of drug-likeness (QED) is 0.602. The molecule has 1 aliphatic carbocycles. The molecule has 2 nitrogen and oxygen atoms in total. The third-order valence-electron chi connectivity index (χ3n) is 5.70. The number of nitrogens with one attached hydrogen (secondary N) is 1. The molecule has 0 aliphatic heterocycles. The van der Waals surface area contributed by atoms with Gasteiger partial charge in [-0.2, -0.15) is 0 Å². The first-order valence-electron chi connectivity index (χ1n) is 9.16. The molecular weight excluding hydrogens is 244 g/mol. The van der Waals surface area contributed by atoms with Crippen LogP contribution in [0.2, 0.25) is 0 Å². The molecule has 0 aromatic heterocycles. The van der Waals surface area contributed by atoms with E-state index in [0.29, 0.717) is 11.6 Å². The van der Waals surface area contributed by atoms with Gasteiger partial charge in [-0.15, -0.1) is 0 Å². The van der Waals surface area contributed by atoms with Gasteiger partial charge in [0.1, 0.15) is 0 Å². The van der Waals surface area contributed by atoms with E-state index in [1.807, 2.05) is 0 Å². The molecule has 2 heteroatoms. The lowest BCUT2D eigenvalue weighted by Crippen LogP contribution is -2.61. The van der Waals surface area contributed by atoms with Crippen molar-refractivity contribution >= 4 is 0 Å². The Labute approximate surface area is 127 Å². The minimum absolute atomic E-state index is 0.355. The van der Waals surface area contributed by atoms with Gasteiger partial charge in [0.05, 0.1) is 0 Å². The molecule has 0 radical (unpaired) electrons. The fourth-order valence-corrected chi connectivity index (χ4v) is 4.14. The highest BCUT2D eigenvalue weighted by Gasteiger charge is 2.40. The highest BCUT2D eigenvalue weighted by atomic mass is 15.2. The van der Waals surface area contributed by atoms with Crippen LogP contribution in [0.4, 0.5) is 0 Å². The van der Waals surface area contributed by atoms with Crippen molar-refractivity contribution < 1.29 is 0 Å². The van der Waals surface area contributed by atoms with Crippen LogP contribution in [0.15, 0.2) is 0 Å². The molecule has 0 aromatic carbocycles. The molecule has 1 atom stereocenters. The molecule has 0 heterocycles. The lowest BCUT2D eigenvalue weighted by Gasteiger charge is -2.50. The summed E-state index contributed by atoms with van der Waals surface area (Å²) in [6.45, 7) is 15.2. The van der Waals surface area contributed by atoms with Crippen LogP contribution in [-0.2, 0) is 0 Å². The second-order valence-corrected chi connectivity index (χ2v) is 6.52. The summed E-state index contributed by atoms with van der Waals surface area (Å²) in [4.78, 5) is 2.72. The Hall–Kier alpha value is -0.0800. The fraction of sp³-hybridized carbons (Fsp3) is 1.00. The Kier molecular flexibility index (Phi) is 8.13. The number of rotatable bonds is 11. The summed E-state index contributed by atoms with van der Waals surface area (Å²) in [5.74, 6) is 0.984. The van der Waals surface area contributed by atoms with E-state index in [2.05, 4.69) is 44.8 Å². The number of hydrogen-bond acceptors (Lipinski definition) is 2. The normalized spacial score (nSPS) is 18.3. The van der Waals surface area contributed by atoms with Gasteiger partial charge in [0.2, 0.25) is 0 Å². The summed E-state index contributed by atoms with van der Waals surface area (Å²) in [6.07, 6.45) is 9.54. The molecule has 0 spiro atoms. The zero-order chi connectivity index (χ0) is 15.0. The number of hydrogen-bond donors (Lipinski definition) is 1. The average Bonchev–Trinajstić information content (AvgIpc) is 2.43. The van der Waals surface area contributed by atoms with Crippen molar-refractivity contribution in [3.8, 4) is 0 Å². The van der Waals surface area contributed by atoms with Crippen LogP contribution in [-0.4, -0.2) is 36.1 Å². The van der Waals surface area contributed by atoms with Gasteiger partial charge in [0.15, 0.2) is 0 Å². The van der Waals surface area contributed by atoms with Crippen LogP contribution in [0.5, 0.6) is 0 Å². The van der Waals surface area contributed by atoms with Crippen LogP contribution in [0.3, 0.4) is 0 Å². The first-order valence-corrected chi connectivity index (χ1v) is 9.16. The first-order chi connectivity index (χ1) is 9.68. The zero-order valence-corrected chi connectivity index (χ0v) is 14.7. The van der Waals surface area contributed by atoms with Crippen LogP contribution in [0.1, 0.15) is 79.6 Å². The Morgan fingerprint density at radius 2 is 1.65 bits per heavy atom. The van der Waals surface area contributed by atoms with Crippen LogP contribution < -0.4 is 5.32 Å². The summed E-state index contributed by atoms with van der Waals surface area (Å²) in [5, 5.41) is 3.92. The second-order valence-electron chi connectivity index (χ2n) is 6.52. The van der Waals surface area contributed by atoms with Crippen LogP contribution >= 0.6 is 0 Å². The molecule has 1 rings (SSSR count). The van der Waals surface area contributed by atoms with Crippen molar-refractivity contribution in [2.24, 2.45) is 5.92 Å². The van der Waals surface area contributed by atoms with Gasteiger partial charge < -0.3 is 5.32 Å². The number of likely N-dealkylation sites (N-methyl/N-ethyl adjacent to an activating group) is 1.